The zero-order chi connectivity index (χ0) is 20.6. The third-order valence-electron chi connectivity index (χ3n) is 4.78. The van der Waals surface area contributed by atoms with Crippen LogP contribution in [0.5, 0.6) is 5.75 Å². The van der Waals surface area contributed by atoms with E-state index in [-0.39, 0.29) is 11.5 Å². The van der Waals surface area contributed by atoms with Crippen molar-refractivity contribution in [2.45, 2.75) is 6.54 Å². The molecule has 1 aliphatic heterocycles. The van der Waals surface area contributed by atoms with Gasteiger partial charge in [0.15, 0.2) is 0 Å². The van der Waals surface area contributed by atoms with Crippen LogP contribution in [0.25, 0.3) is 0 Å². The van der Waals surface area contributed by atoms with Crippen LogP contribution >= 0.6 is 11.6 Å². The number of rotatable bonds is 6. The average molecular weight is 411 g/mol. The van der Waals surface area contributed by atoms with Crippen molar-refractivity contribution in [2.75, 3.05) is 38.2 Å². The second-order valence-corrected chi connectivity index (χ2v) is 7.10. The lowest BCUT2D eigenvalue weighted by atomic mass is 10.2. The Bertz CT molecular complexity index is 913. The molecule has 0 radical (unpaired) electrons. The molecule has 29 heavy (non-hydrogen) atoms. The number of amides is 1. The molecule has 1 aliphatic rings. The van der Waals surface area contributed by atoms with Crippen LogP contribution in [0.4, 0.5) is 5.69 Å². The van der Waals surface area contributed by atoms with Gasteiger partial charge < -0.3 is 19.9 Å². The Morgan fingerprint density at radius 2 is 1.86 bits per heavy atom. The number of ether oxygens (including phenoxy) is 1. The highest BCUT2D eigenvalue weighted by Crippen LogP contribution is 2.28. The molecule has 7 heteroatoms. The first-order chi connectivity index (χ1) is 14.1. The maximum atomic E-state index is 12.4. The van der Waals surface area contributed by atoms with Gasteiger partial charge in [-0.15, -0.1) is 0 Å². The van der Waals surface area contributed by atoms with E-state index in [2.05, 4.69) is 10.2 Å². The van der Waals surface area contributed by atoms with E-state index in [9.17, 15) is 10.1 Å². The molecule has 1 amide bonds. The summed E-state index contributed by atoms with van der Waals surface area (Å²) in [5.41, 5.74) is 2.08. The third kappa shape index (κ3) is 5.43. The number of methoxy groups -OCH3 is 1. The van der Waals surface area contributed by atoms with E-state index >= 15 is 0 Å². The largest absolute Gasteiger partial charge is 0.495 e. The fraction of sp³-hybridized carbons (Fsp3) is 0.273. The number of nitrogens with one attached hydrogen (secondary N) is 1. The molecule has 0 atom stereocenters. The lowest BCUT2D eigenvalue weighted by molar-refractivity contribution is -0.117. The van der Waals surface area contributed by atoms with Gasteiger partial charge in [-0.05, 0) is 29.8 Å². The quantitative estimate of drug-likeness (QED) is 0.585. The predicted octanol–water partition coefficient (Wildman–Crippen LogP) is 3.19. The van der Waals surface area contributed by atoms with Crippen molar-refractivity contribution < 1.29 is 9.53 Å². The number of carbonyl (C=O) groups is 1. The van der Waals surface area contributed by atoms with Gasteiger partial charge in [-0.25, -0.2) is 0 Å². The zero-order valence-corrected chi connectivity index (χ0v) is 17.0. The maximum absolute atomic E-state index is 12.4. The molecule has 150 valence electrons. The average Bonchev–Trinajstić information content (AvgIpc) is 2.77. The van der Waals surface area contributed by atoms with Crippen molar-refractivity contribution in [3.05, 3.63) is 70.9 Å². The molecule has 0 saturated carbocycles. The fourth-order valence-corrected chi connectivity index (χ4v) is 3.31. The number of halogens is 1. The Morgan fingerprint density at radius 1 is 1.17 bits per heavy atom. The van der Waals surface area contributed by atoms with Crippen LogP contribution in [0.1, 0.15) is 5.56 Å². The normalized spacial score (nSPS) is 14.3. The second-order valence-electron chi connectivity index (χ2n) is 6.66. The number of hydrogen-bond donors (Lipinski definition) is 1. The second kappa shape index (κ2) is 9.85. The monoisotopic (exact) mass is 410 g/mol. The molecule has 0 spiro atoms. The summed E-state index contributed by atoms with van der Waals surface area (Å²) in [6.45, 7) is 3.34. The Labute approximate surface area is 175 Å². The fourth-order valence-electron chi connectivity index (χ4n) is 3.18. The maximum Gasteiger partial charge on any atom is 0.263 e. The van der Waals surface area contributed by atoms with E-state index in [4.69, 9.17) is 16.3 Å². The number of nitrogens with zero attached hydrogens (tertiary/aromatic N) is 3. The molecule has 0 unspecified atom stereocenters. The van der Waals surface area contributed by atoms with Crippen LogP contribution in [0.3, 0.4) is 0 Å². The molecule has 0 bridgehead atoms. The number of carbonyl (C=O) groups excluding carboxylic acids is 1. The number of benzene rings is 2. The number of nitriles is 1. The summed E-state index contributed by atoms with van der Waals surface area (Å²) < 4.78 is 5.44. The molecule has 1 heterocycles. The number of piperazine rings is 1. The summed E-state index contributed by atoms with van der Waals surface area (Å²) in [4.78, 5) is 16.6. The van der Waals surface area contributed by atoms with Gasteiger partial charge in [0.25, 0.3) is 5.91 Å². The van der Waals surface area contributed by atoms with Crippen molar-refractivity contribution in [1.29, 1.82) is 5.26 Å². The molecule has 1 fully saturated rings. The molecular weight excluding hydrogens is 388 g/mol. The van der Waals surface area contributed by atoms with Crippen LogP contribution in [0.15, 0.2) is 60.3 Å². The van der Waals surface area contributed by atoms with Gasteiger partial charge in [0.1, 0.15) is 17.4 Å². The first-order valence-corrected chi connectivity index (χ1v) is 9.75. The topological polar surface area (TPSA) is 68.6 Å². The van der Waals surface area contributed by atoms with Gasteiger partial charge in [-0.3, -0.25) is 4.79 Å². The molecule has 6 nitrogen and oxygen atoms in total. The molecule has 3 rings (SSSR count). The molecular formula is C22H23ClN4O2. The Morgan fingerprint density at radius 3 is 2.52 bits per heavy atom. The summed E-state index contributed by atoms with van der Waals surface area (Å²) >= 11 is 5.87. The van der Waals surface area contributed by atoms with Gasteiger partial charge in [0.2, 0.25) is 0 Å². The minimum absolute atomic E-state index is 0.102. The lowest BCUT2D eigenvalue weighted by Crippen LogP contribution is -2.44. The molecule has 1 N–H and O–H groups in total. The third-order valence-corrected chi connectivity index (χ3v) is 5.04. The van der Waals surface area contributed by atoms with Crippen molar-refractivity contribution in [1.82, 2.24) is 10.2 Å². The van der Waals surface area contributed by atoms with Crippen LogP contribution in [-0.4, -0.2) is 44.1 Å². The van der Waals surface area contributed by atoms with Gasteiger partial charge in [0, 0.05) is 43.9 Å². The van der Waals surface area contributed by atoms with Crippen LogP contribution in [0, 0.1) is 11.3 Å². The van der Waals surface area contributed by atoms with Crippen molar-refractivity contribution >= 4 is 23.2 Å². The summed E-state index contributed by atoms with van der Waals surface area (Å²) in [6.07, 6.45) is 1.65. The van der Waals surface area contributed by atoms with Crippen molar-refractivity contribution in [3.8, 4) is 11.8 Å². The van der Waals surface area contributed by atoms with Crippen molar-refractivity contribution in [3.63, 3.8) is 0 Å². The summed E-state index contributed by atoms with van der Waals surface area (Å²) in [5.74, 6) is 0.463. The highest BCUT2D eigenvalue weighted by atomic mass is 35.5. The highest BCUT2D eigenvalue weighted by Gasteiger charge is 2.19. The van der Waals surface area contributed by atoms with Crippen molar-refractivity contribution in [2.24, 2.45) is 0 Å². The summed E-state index contributed by atoms with van der Waals surface area (Å²) in [5, 5.41) is 12.8. The summed E-state index contributed by atoms with van der Waals surface area (Å²) in [7, 11) is 1.67. The molecule has 2 aromatic rings. The summed E-state index contributed by atoms with van der Waals surface area (Å²) in [6, 6.07) is 17.2. The lowest BCUT2D eigenvalue weighted by Gasteiger charge is -2.36. The van der Waals surface area contributed by atoms with Gasteiger partial charge in [-0.2, -0.15) is 5.26 Å². The first kappa shape index (κ1) is 20.6. The van der Waals surface area contributed by atoms with Crippen LogP contribution in [0.2, 0.25) is 5.02 Å². The smallest absolute Gasteiger partial charge is 0.263 e. The predicted molar refractivity (Wildman–Crippen MR) is 114 cm³/mol. The molecule has 1 saturated heterocycles. The Balaban J connectivity index is 1.56. The zero-order valence-electron chi connectivity index (χ0n) is 16.3. The number of anilines is 1. The van der Waals surface area contributed by atoms with E-state index < -0.39 is 0 Å². The van der Waals surface area contributed by atoms with E-state index in [0.29, 0.717) is 24.7 Å². The van der Waals surface area contributed by atoms with E-state index in [0.717, 1.165) is 30.1 Å². The van der Waals surface area contributed by atoms with Crippen LogP contribution in [-0.2, 0) is 11.3 Å². The van der Waals surface area contributed by atoms with E-state index in [1.165, 1.54) is 0 Å². The number of hydrogen-bond acceptors (Lipinski definition) is 5. The minimum Gasteiger partial charge on any atom is -0.495 e. The Kier molecular flexibility index (Phi) is 6.99. The first-order valence-electron chi connectivity index (χ1n) is 9.37. The van der Waals surface area contributed by atoms with E-state index in [1.807, 2.05) is 47.4 Å². The SMILES string of the molecule is COc1ccccc1N1CCN(/C=C(/C#N)C(=O)NCc2ccc(Cl)cc2)CC1. The molecule has 0 aromatic heterocycles. The van der Waals surface area contributed by atoms with Gasteiger partial charge in [-0.1, -0.05) is 35.9 Å². The van der Waals surface area contributed by atoms with Crippen LogP contribution < -0.4 is 15.0 Å². The highest BCUT2D eigenvalue weighted by molar-refractivity contribution is 6.30. The molecule has 0 aliphatic carbocycles. The van der Waals surface area contributed by atoms with Gasteiger partial charge in [0.05, 0.1) is 12.8 Å². The van der Waals surface area contributed by atoms with E-state index in [1.54, 1.807) is 25.4 Å². The molecule has 2 aromatic carbocycles. The number of para-hydroxylation sites is 2. The van der Waals surface area contributed by atoms with Gasteiger partial charge >= 0.3 is 0 Å². The Hall–Kier alpha value is -3.17. The standard InChI is InChI=1S/C22H23ClN4O2/c1-29-21-5-3-2-4-20(21)27-12-10-26(11-13-27)16-18(14-24)22(28)25-15-17-6-8-19(23)9-7-17/h2-9,16H,10-13,15H2,1H3,(H,25,28)/b18-16-. The minimum atomic E-state index is -0.380.